The minimum Gasteiger partial charge on any atom is -0.456 e. The fourth-order valence-electron chi connectivity index (χ4n) is 3.20. The van der Waals surface area contributed by atoms with Crippen molar-refractivity contribution in [3.05, 3.63) is 71.1 Å². The van der Waals surface area contributed by atoms with E-state index in [0.29, 0.717) is 16.8 Å². The van der Waals surface area contributed by atoms with Crippen molar-refractivity contribution < 1.29 is 4.42 Å². The molecule has 118 valence electrons. The van der Waals surface area contributed by atoms with Crippen LogP contribution in [0.5, 0.6) is 0 Å². The summed E-state index contributed by atoms with van der Waals surface area (Å²) in [5, 5.41) is 9.36. The Morgan fingerprint density at radius 1 is 0.875 bits per heavy atom. The lowest BCUT2D eigenvalue weighted by atomic mass is 9.90. The molecule has 2 aromatic carbocycles. The highest BCUT2D eigenvalue weighted by Crippen LogP contribution is 2.41. The van der Waals surface area contributed by atoms with E-state index < -0.39 is 0 Å². The molecule has 3 nitrogen and oxygen atoms in total. The summed E-state index contributed by atoms with van der Waals surface area (Å²) >= 11 is 0. The van der Waals surface area contributed by atoms with Gasteiger partial charge in [0.05, 0.1) is 5.36 Å². The first-order valence-corrected chi connectivity index (χ1v) is 7.91. The smallest absolute Gasteiger partial charge is 0.137 e. The largest absolute Gasteiger partial charge is 0.456 e. The third-order valence-corrected chi connectivity index (χ3v) is 4.41. The van der Waals surface area contributed by atoms with Gasteiger partial charge in [-0.3, -0.25) is 0 Å². The van der Waals surface area contributed by atoms with Crippen LogP contribution < -0.4 is 11.1 Å². The lowest BCUT2D eigenvalue weighted by molar-refractivity contribution is 0.619. The van der Waals surface area contributed by atoms with Crippen molar-refractivity contribution in [2.75, 3.05) is 5.73 Å². The summed E-state index contributed by atoms with van der Waals surface area (Å²) in [6.07, 6.45) is 0. The molecular weight excluding hydrogens is 296 g/mol. The molecule has 24 heavy (non-hydrogen) atoms. The van der Waals surface area contributed by atoms with Gasteiger partial charge in [-0.25, -0.2) is 0 Å². The molecule has 1 aliphatic heterocycles. The van der Waals surface area contributed by atoms with E-state index in [9.17, 15) is 0 Å². The molecule has 0 amide bonds. The van der Waals surface area contributed by atoms with E-state index in [1.54, 1.807) is 12.1 Å². The molecule has 0 radical (unpaired) electrons. The first-order chi connectivity index (χ1) is 11.5. The van der Waals surface area contributed by atoms with Gasteiger partial charge in [-0.1, -0.05) is 23.8 Å². The first kappa shape index (κ1) is 14.5. The second-order valence-corrected chi connectivity index (χ2v) is 6.26. The van der Waals surface area contributed by atoms with E-state index in [1.807, 2.05) is 24.3 Å². The average molecular weight is 314 g/mol. The predicted molar refractivity (Wildman–Crippen MR) is 98.0 cm³/mol. The summed E-state index contributed by atoms with van der Waals surface area (Å²) in [5.74, 6) is 0.705. The van der Waals surface area contributed by atoms with Gasteiger partial charge >= 0.3 is 0 Å². The number of nitrogens with one attached hydrogen (secondary N) is 1. The number of hydrogen-bond donors (Lipinski definition) is 2. The Hall–Kier alpha value is -3.07. The van der Waals surface area contributed by atoms with Crippen molar-refractivity contribution >= 4 is 16.7 Å². The maximum absolute atomic E-state index is 7.89. The van der Waals surface area contributed by atoms with Crippen LogP contribution in [-0.2, 0) is 0 Å². The molecule has 0 aromatic heterocycles. The molecule has 0 atom stereocenters. The van der Waals surface area contributed by atoms with Crippen LogP contribution in [-0.4, -0.2) is 0 Å². The molecule has 0 unspecified atom stereocenters. The minimum absolute atomic E-state index is 0.432. The molecule has 0 saturated carbocycles. The van der Waals surface area contributed by atoms with Gasteiger partial charge in [-0.15, -0.1) is 0 Å². The molecule has 0 fully saturated rings. The van der Waals surface area contributed by atoms with Crippen molar-refractivity contribution in [2.45, 2.75) is 13.8 Å². The van der Waals surface area contributed by atoms with E-state index in [1.165, 1.54) is 16.7 Å². The maximum atomic E-state index is 7.89. The van der Waals surface area contributed by atoms with Crippen LogP contribution in [0.15, 0.2) is 59.0 Å². The quantitative estimate of drug-likeness (QED) is 0.388. The Bertz CT molecular complexity index is 1110. The van der Waals surface area contributed by atoms with Gasteiger partial charge in [0.15, 0.2) is 0 Å². The normalized spacial score (nSPS) is 11.2. The molecule has 2 aromatic rings. The number of nitrogen functional groups attached to an aromatic ring is 1. The van der Waals surface area contributed by atoms with Crippen molar-refractivity contribution in [3.8, 4) is 22.5 Å². The number of fused-ring (bicyclic) bond motifs is 2. The van der Waals surface area contributed by atoms with Crippen molar-refractivity contribution in [3.63, 3.8) is 0 Å². The molecule has 0 saturated heterocycles. The highest BCUT2D eigenvalue weighted by Gasteiger charge is 2.18. The van der Waals surface area contributed by atoms with Crippen molar-refractivity contribution in [1.29, 1.82) is 5.41 Å². The summed E-state index contributed by atoms with van der Waals surface area (Å²) in [4.78, 5) is 0. The lowest BCUT2D eigenvalue weighted by Gasteiger charge is -2.17. The molecule has 4 rings (SSSR count). The second kappa shape index (κ2) is 5.24. The number of anilines is 1. The summed E-state index contributed by atoms with van der Waals surface area (Å²) in [7, 11) is 0. The Morgan fingerprint density at radius 3 is 2.54 bits per heavy atom. The standard InChI is InChI=1S/C21H18N2O/c1-12-3-4-13(2)18(9-12)21-16-7-5-14(22)10-19(16)24-20-11-15(23)6-8-17(20)21/h3-11,22H,23H2,1-2H3. The molecule has 3 heteroatoms. The maximum Gasteiger partial charge on any atom is 0.137 e. The van der Waals surface area contributed by atoms with Gasteiger partial charge in [0.1, 0.15) is 11.3 Å². The fourth-order valence-corrected chi connectivity index (χ4v) is 3.20. The van der Waals surface area contributed by atoms with Crippen LogP contribution in [0.1, 0.15) is 11.1 Å². The molecule has 2 aliphatic rings. The molecule has 0 spiro atoms. The van der Waals surface area contributed by atoms with Crippen LogP contribution in [0.3, 0.4) is 0 Å². The van der Waals surface area contributed by atoms with Crippen LogP contribution in [0, 0.1) is 19.3 Å². The van der Waals surface area contributed by atoms with Gasteiger partial charge in [0.25, 0.3) is 0 Å². The molecule has 1 heterocycles. The summed E-state index contributed by atoms with van der Waals surface area (Å²) in [5.41, 5.74) is 13.1. The highest BCUT2D eigenvalue weighted by atomic mass is 16.3. The van der Waals surface area contributed by atoms with Gasteiger partial charge in [0, 0.05) is 34.3 Å². The zero-order chi connectivity index (χ0) is 16.8. The Kier molecular flexibility index (Phi) is 3.17. The molecular formula is C21H18N2O. The number of hydrogen-bond acceptors (Lipinski definition) is 3. The van der Waals surface area contributed by atoms with E-state index in [-0.39, 0.29) is 0 Å². The zero-order valence-electron chi connectivity index (χ0n) is 13.7. The van der Waals surface area contributed by atoms with Gasteiger partial charge in [-0.2, -0.15) is 0 Å². The molecule has 1 aliphatic carbocycles. The zero-order valence-corrected chi connectivity index (χ0v) is 13.7. The van der Waals surface area contributed by atoms with Crippen LogP contribution >= 0.6 is 0 Å². The third kappa shape index (κ3) is 2.26. The van der Waals surface area contributed by atoms with Crippen LogP contribution in [0.25, 0.3) is 33.4 Å². The topological polar surface area (TPSA) is 63.0 Å². The third-order valence-electron chi connectivity index (χ3n) is 4.41. The SMILES string of the molecule is Cc1ccc(C)c(-c2c3ccc(=N)cc-3oc3cc(N)ccc23)c1. The van der Waals surface area contributed by atoms with Crippen molar-refractivity contribution in [2.24, 2.45) is 0 Å². The van der Waals surface area contributed by atoms with E-state index in [2.05, 4.69) is 32.0 Å². The Labute approximate surface area is 140 Å². The van der Waals surface area contributed by atoms with Gasteiger partial charge in [-0.05, 0) is 49.2 Å². The van der Waals surface area contributed by atoms with Gasteiger partial charge in [0.2, 0.25) is 0 Å². The minimum atomic E-state index is 0.432. The summed E-state index contributed by atoms with van der Waals surface area (Å²) in [6, 6.07) is 17.8. The summed E-state index contributed by atoms with van der Waals surface area (Å²) in [6.45, 7) is 4.22. The molecule has 0 bridgehead atoms. The summed E-state index contributed by atoms with van der Waals surface area (Å²) < 4.78 is 6.04. The van der Waals surface area contributed by atoms with Crippen LogP contribution in [0.4, 0.5) is 5.69 Å². The van der Waals surface area contributed by atoms with Gasteiger partial charge < -0.3 is 15.6 Å². The number of aryl methyl sites for hydroxylation is 2. The van der Waals surface area contributed by atoms with Crippen molar-refractivity contribution in [1.82, 2.24) is 0 Å². The van der Waals surface area contributed by atoms with E-state index in [0.717, 1.165) is 22.1 Å². The number of benzene rings is 3. The Morgan fingerprint density at radius 2 is 1.71 bits per heavy atom. The predicted octanol–water partition coefficient (Wildman–Crippen LogP) is 4.88. The lowest BCUT2D eigenvalue weighted by Crippen LogP contribution is -2.01. The van der Waals surface area contributed by atoms with E-state index in [4.69, 9.17) is 15.6 Å². The second-order valence-electron chi connectivity index (χ2n) is 6.26. The highest BCUT2D eigenvalue weighted by molar-refractivity contribution is 6.03. The average Bonchev–Trinajstić information content (AvgIpc) is 2.55. The van der Waals surface area contributed by atoms with Crippen LogP contribution in [0.2, 0.25) is 0 Å². The fraction of sp³-hybridized carbons (Fsp3) is 0.0952. The monoisotopic (exact) mass is 314 g/mol. The Balaban J connectivity index is 2.23. The van der Waals surface area contributed by atoms with E-state index >= 15 is 0 Å². The first-order valence-electron chi connectivity index (χ1n) is 7.91. The number of rotatable bonds is 1. The number of nitrogens with two attached hydrogens (primary N) is 1. The molecule has 3 N–H and O–H groups in total.